The van der Waals surface area contributed by atoms with E-state index in [0.717, 1.165) is 30.8 Å². The Morgan fingerprint density at radius 2 is 2.07 bits per heavy atom. The van der Waals surface area contributed by atoms with Crippen LogP contribution < -0.4 is 0 Å². The molecule has 4 fully saturated rings. The Morgan fingerprint density at radius 1 is 1.26 bits per heavy atom. The second kappa shape index (κ2) is 6.37. The maximum absolute atomic E-state index is 13.2. The second-order valence-electron chi connectivity index (χ2n) is 8.32. The van der Waals surface area contributed by atoms with Crippen molar-refractivity contribution in [3.05, 3.63) is 47.8 Å². The molecular formula is C21H26N4O2. The van der Waals surface area contributed by atoms with Crippen molar-refractivity contribution in [1.29, 1.82) is 0 Å². The number of phenols is 1. The van der Waals surface area contributed by atoms with Crippen LogP contribution >= 0.6 is 0 Å². The molecule has 0 radical (unpaired) electrons. The van der Waals surface area contributed by atoms with Gasteiger partial charge in [-0.2, -0.15) is 5.10 Å². The zero-order chi connectivity index (χ0) is 18.5. The minimum Gasteiger partial charge on any atom is -0.508 e. The third-order valence-corrected chi connectivity index (χ3v) is 6.67. The van der Waals surface area contributed by atoms with Crippen LogP contribution in [0.4, 0.5) is 0 Å². The van der Waals surface area contributed by atoms with Gasteiger partial charge >= 0.3 is 0 Å². The quantitative estimate of drug-likeness (QED) is 0.902. The van der Waals surface area contributed by atoms with Crippen molar-refractivity contribution in [2.24, 2.45) is 5.92 Å². The molecule has 5 heterocycles. The first-order valence-electron chi connectivity index (χ1n) is 9.91. The first-order chi connectivity index (χ1) is 13.1. The van der Waals surface area contributed by atoms with Crippen molar-refractivity contribution in [1.82, 2.24) is 19.6 Å². The summed E-state index contributed by atoms with van der Waals surface area (Å²) in [5, 5.41) is 14.3. The number of aromatic hydroxyl groups is 1. The van der Waals surface area contributed by atoms with E-state index < -0.39 is 0 Å². The van der Waals surface area contributed by atoms with E-state index in [1.165, 1.54) is 12.8 Å². The molecule has 0 aliphatic carbocycles. The number of fused-ring (bicyclic) bond motifs is 2. The number of aromatic nitrogens is 2. The predicted molar refractivity (Wildman–Crippen MR) is 101 cm³/mol. The SMILES string of the molecule is Cc1cnn(CC(=O)N2C[C@H](c3cccc(O)c3)[C@H]3[C@@H]2C2CCN3CC2)c1. The largest absolute Gasteiger partial charge is 0.508 e. The van der Waals surface area contributed by atoms with Gasteiger partial charge in [0.2, 0.25) is 5.91 Å². The molecule has 1 aromatic carbocycles. The Bertz CT molecular complexity index is 855. The van der Waals surface area contributed by atoms with Gasteiger partial charge in [0.05, 0.1) is 12.2 Å². The Hall–Kier alpha value is -2.34. The molecule has 6 nitrogen and oxygen atoms in total. The van der Waals surface area contributed by atoms with Crippen molar-refractivity contribution in [2.75, 3.05) is 19.6 Å². The third kappa shape index (κ3) is 2.83. The van der Waals surface area contributed by atoms with Crippen molar-refractivity contribution in [3.8, 4) is 5.75 Å². The Morgan fingerprint density at radius 3 is 2.78 bits per heavy atom. The summed E-state index contributed by atoms with van der Waals surface area (Å²) in [5.74, 6) is 1.31. The lowest BCUT2D eigenvalue weighted by Crippen LogP contribution is -2.61. The number of rotatable bonds is 3. The van der Waals surface area contributed by atoms with E-state index in [9.17, 15) is 9.90 Å². The summed E-state index contributed by atoms with van der Waals surface area (Å²) >= 11 is 0. The van der Waals surface area contributed by atoms with Crippen LogP contribution in [0.5, 0.6) is 5.75 Å². The van der Waals surface area contributed by atoms with Crippen LogP contribution in [0.1, 0.15) is 29.9 Å². The van der Waals surface area contributed by atoms with Crippen molar-refractivity contribution in [3.63, 3.8) is 0 Å². The van der Waals surface area contributed by atoms with Gasteiger partial charge in [-0.1, -0.05) is 12.1 Å². The van der Waals surface area contributed by atoms with Gasteiger partial charge in [0.25, 0.3) is 0 Å². The minimum atomic E-state index is 0.157. The molecule has 1 aromatic heterocycles. The van der Waals surface area contributed by atoms with E-state index in [4.69, 9.17) is 0 Å². The minimum absolute atomic E-state index is 0.157. The molecule has 2 aromatic rings. The van der Waals surface area contributed by atoms with Gasteiger partial charge in [0.1, 0.15) is 12.3 Å². The van der Waals surface area contributed by atoms with E-state index in [1.54, 1.807) is 16.9 Å². The number of piperidine rings is 3. The average Bonchev–Trinajstić information content (AvgIpc) is 3.28. The lowest BCUT2D eigenvalue weighted by atomic mass is 9.75. The Kier molecular flexibility index (Phi) is 3.97. The van der Waals surface area contributed by atoms with Gasteiger partial charge in [-0.15, -0.1) is 0 Å². The van der Waals surface area contributed by atoms with Crippen molar-refractivity contribution in [2.45, 2.75) is 44.3 Å². The number of aryl methyl sites for hydroxylation is 1. The van der Waals surface area contributed by atoms with E-state index in [2.05, 4.69) is 21.0 Å². The number of nitrogens with zero attached hydrogens (tertiary/aromatic N) is 4. The number of amides is 1. The smallest absolute Gasteiger partial charge is 0.244 e. The van der Waals surface area contributed by atoms with Crippen LogP contribution in [0, 0.1) is 12.8 Å². The highest BCUT2D eigenvalue weighted by Crippen LogP contribution is 2.46. The van der Waals surface area contributed by atoms with Crippen LogP contribution in [-0.2, 0) is 11.3 Å². The Labute approximate surface area is 159 Å². The van der Waals surface area contributed by atoms with Gasteiger partial charge in [0, 0.05) is 24.7 Å². The molecule has 1 N–H and O–H groups in total. The van der Waals surface area contributed by atoms with Gasteiger partial charge in [-0.25, -0.2) is 0 Å². The lowest BCUT2D eigenvalue weighted by molar-refractivity contribution is -0.136. The van der Waals surface area contributed by atoms with Gasteiger partial charge in [-0.05, 0) is 62.0 Å². The molecule has 0 unspecified atom stereocenters. The first-order valence-corrected chi connectivity index (χ1v) is 9.91. The van der Waals surface area contributed by atoms with Crippen molar-refractivity contribution >= 4 is 5.91 Å². The van der Waals surface area contributed by atoms with E-state index in [0.29, 0.717) is 24.3 Å². The standard InChI is InChI=1S/C21H26N4O2/c1-14-10-22-24(11-14)13-19(27)25-12-18(16-3-2-4-17(26)9-16)21-20(25)15-5-7-23(21)8-6-15/h2-4,9-11,15,18,20-21,26H,5-8,12-13H2,1H3/t18-,20+,21+/m1/s1. The van der Waals surface area contributed by atoms with E-state index in [-0.39, 0.29) is 17.9 Å². The molecule has 6 heteroatoms. The van der Waals surface area contributed by atoms with Gasteiger partial charge < -0.3 is 10.0 Å². The number of likely N-dealkylation sites (tertiary alicyclic amines) is 1. The number of phenolic OH excluding ortho intramolecular Hbond substituents is 1. The van der Waals surface area contributed by atoms with E-state index in [1.807, 2.05) is 25.3 Å². The monoisotopic (exact) mass is 366 g/mol. The van der Waals surface area contributed by atoms with Gasteiger partial charge in [-0.3, -0.25) is 14.4 Å². The number of hydrogen-bond acceptors (Lipinski definition) is 4. The molecule has 6 rings (SSSR count). The third-order valence-electron chi connectivity index (χ3n) is 6.67. The highest BCUT2D eigenvalue weighted by Gasteiger charge is 2.54. The summed E-state index contributed by atoms with van der Waals surface area (Å²) in [6.45, 7) is 5.27. The maximum Gasteiger partial charge on any atom is 0.244 e. The molecule has 1 amide bonds. The molecule has 0 saturated carbocycles. The molecule has 142 valence electrons. The lowest BCUT2D eigenvalue weighted by Gasteiger charge is -2.51. The molecule has 4 aliphatic rings. The van der Waals surface area contributed by atoms with Crippen LogP contribution in [0.2, 0.25) is 0 Å². The number of carbonyl (C=O) groups is 1. The summed E-state index contributed by atoms with van der Waals surface area (Å²) < 4.78 is 1.75. The maximum atomic E-state index is 13.2. The summed E-state index contributed by atoms with van der Waals surface area (Å²) in [6, 6.07) is 8.23. The highest BCUT2D eigenvalue weighted by atomic mass is 16.3. The van der Waals surface area contributed by atoms with Crippen molar-refractivity contribution < 1.29 is 9.90 Å². The van der Waals surface area contributed by atoms with Gasteiger partial charge in [0.15, 0.2) is 0 Å². The topological polar surface area (TPSA) is 61.6 Å². The number of benzene rings is 1. The summed E-state index contributed by atoms with van der Waals surface area (Å²) in [5.41, 5.74) is 2.21. The van der Waals surface area contributed by atoms with Crippen LogP contribution in [0.25, 0.3) is 0 Å². The molecular weight excluding hydrogens is 340 g/mol. The fraction of sp³-hybridized carbons (Fsp3) is 0.524. The fourth-order valence-corrected chi connectivity index (χ4v) is 5.54. The van der Waals surface area contributed by atoms with E-state index >= 15 is 0 Å². The molecule has 27 heavy (non-hydrogen) atoms. The fourth-order valence-electron chi connectivity index (χ4n) is 5.54. The zero-order valence-electron chi connectivity index (χ0n) is 15.7. The second-order valence-corrected chi connectivity index (χ2v) is 8.32. The molecule has 2 bridgehead atoms. The molecule has 4 aliphatic heterocycles. The summed E-state index contributed by atoms with van der Waals surface area (Å²) in [4.78, 5) is 17.9. The van der Waals surface area contributed by atoms with Crippen LogP contribution in [0.15, 0.2) is 36.7 Å². The normalized spacial score (nSPS) is 31.9. The molecule has 4 saturated heterocycles. The number of hydrogen-bond donors (Lipinski definition) is 1. The number of carbonyl (C=O) groups excluding carboxylic acids is 1. The summed E-state index contributed by atoms with van der Waals surface area (Å²) in [7, 11) is 0. The molecule has 3 atom stereocenters. The average molecular weight is 366 g/mol. The predicted octanol–water partition coefficient (Wildman–Crippen LogP) is 1.99. The zero-order valence-corrected chi connectivity index (χ0v) is 15.7. The highest BCUT2D eigenvalue weighted by molar-refractivity contribution is 5.77. The van der Waals surface area contributed by atoms with Crippen LogP contribution in [0.3, 0.4) is 0 Å². The Balaban J connectivity index is 1.46. The first kappa shape index (κ1) is 16.8. The van der Waals surface area contributed by atoms with Crippen LogP contribution in [-0.4, -0.2) is 62.3 Å². The summed E-state index contributed by atoms with van der Waals surface area (Å²) in [6.07, 6.45) is 6.08. The molecule has 0 spiro atoms.